The number of ether oxygens (including phenoxy) is 2. The number of carbonyl (C=O) groups excluding carboxylic acids is 1. The molecule has 0 fully saturated rings. The van der Waals surface area contributed by atoms with Crippen molar-refractivity contribution in [3.63, 3.8) is 0 Å². The van der Waals surface area contributed by atoms with E-state index in [-0.39, 0.29) is 28.9 Å². The van der Waals surface area contributed by atoms with Crippen LogP contribution in [0.4, 0.5) is 4.39 Å². The highest BCUT2D eigenvalue weighted by molar-refractivity contribution is 7.90. The highest BCUT2D eigenvalue weighted by Gasteiger charge is 2.44. The Morgan fingerprint density at radius 1 is 1.22 bits per heavy atom. The number of sulfone groups is 1. The summed E-state index contributed by atoms with van der Waals surface area (Å²) in [6.45, 7) is 3.19. The molecular formula is C19H18FNO5S. The summed E-state index contributed by atoms with van der Waals surface area (Å²) in [5, 5.41) is -0.0855. The van der Waals surface area contributed by atoms with E-state index < -0.39 is 21.3 Å². The van der Waals surface area contributed by atoms with Crippen molar-refractivity contribution in [1.82, 2.24) is 4.98 Å². The van der Waals surface area contributed by atoms with Crippen molar-refractivity contribution in [3.8, 4) is 0 Å². The number of pyridine rings is 1. The molecule has 1 aromatic carbocycles. The minimum Gasteiger partial charge on any atom is -0.482 e. The monoisotopic (exact) mass is 391 g/mol. The van der Waals surface area contributed by atoms with E-state index >= 15 is 0 Å². The summed E-state index contributed by atoms with van der Waals surface area (Å²) in [5.74, 6) is -0.589. The van der Waals surface area contributed by atoms with E-state index in [4.69, 9.17) is 9.47 Å². The van der Waals surface area contributed by atoms with Crippen LogP contribution in [-0.4, -0.2) is 31.0 Å². The molecule has 6 nitrogen and oxygen atoms in total. The van der Waals surface area contributed by atoms with E-state index in [1.54, 1.807) is 26.0 Å². The molecule has 1 aliphatic heterocycles. The smallest absolute Gasteiger partial charge is 0.244 e. The van der Waals surface area contributed by atoms with Crippen molar-refractivity contribution >= 4 is 21.4 Å². The summed E-state index contributed by atoms with van der Waals surface area (Å²) in [6.07, 6.45) is 2.37. The lowest BCUT2D eigenvalue weighted by molar-refractivity contribution is -0.129. The largest absolute Gasteiger partial charge is 0.482 e. The lowest BCUT2D eigenvalue weighted by atomic mass is 10.0. The molecule has 2 heterocycles. The number of hydrogen-bond acceptors (Lipinski definition) is 6. The van der Waals surface area contributed by atoms with Crippen molar-refractivity contribution in [3.05, 3.63) is 65.3 Å². The molecule has 2 aromatic rings. The van der Waals surface area contributed by atoms with Crippen LogP contribution < -0.4 is 0 Å². The fourth-order valence-corrected chi connectivity index (χ4v) is 3.12. The van der Waals surface area contributed by atoms with E-state index in [2.05, 4.69) is 4.98 Å². The third kappa shape index (κ3) is 4.00. The molecule has 0 amide bonds. The van der Waals surface area contributed by atoms with Gasteiger partial charge in [0.2, 0.25) is 11.5 Å². The molecule has 0 N–H and O–H groups in total. The maximum atomic E-state index is 13.3. The van der Waals surface area contributed by atoms with E-state index in [9.17, 15) is 17.6 Å². The lowest BCUT2D eigenvalue weighted by Crippen LogP contribution is -2.29. The van der Waals surface area contributed by atoms with Gasteiger partial charge in [-0.3, -0.25) is 4.79 Å². The second-order valence-corrected chi connectivity index (χ2v) is 8.64. The van der Waals surface area contributed by atoms with Gasteiger partial charge in [-0.2, -0.15) is 0 Å². The maximum Gasteiger partial charge on any atom is 0.244 e. The molecule has 0 radical (unpaired) electrons. The van der Waals surface area contributed by atoms with E-state index in [0.29, 0.717) is 11.1 Å². The maximum absolute atomic E-state index is 13.3. The van der Waals surface area contributed by atoms with Crippen molar-refractivity contribution in [1.29, 1.82) is 0 Å². The van der Waals surface area contributed by atoms with Crippen molar-refractivity contribution in [2.45, 2.75) is 31.1 Å². The number of halogens is 1. The lowest BCUT2D eigenvalue weighted by Gasteiger charge is -2.17. The fourth-order valence-electron chi connectivity index (χ4n) is 2.56. The van der Waals surface area contributed by atoms with Crippen molar-refractivity contribution in [2.75, 3.05) is 6.26 Å². The van der Waals surface area contributed by atoms with Gasteiger partial charge in [-0.1, -0.05) is 12.1 Å². The van der Waals surface area contributed by atoms with Crippen molar-refractivity contribution < 1.29 is 27.1 Å². The standard InChI is InChI=1S/C19H18FNO5S/c1-19(2)18(22)17(25-11-12-5-4-6-14(20)9-12)16(26-19)13-7-8-15(21-10-13)27(3,23)24/h4-10H,11H2,1-3H3. The van der Waals surface area contributed by atoms with Crippen LogP contribution in [0.5, 0.6) is 0 Å². The third-order valence-electron chi connectivity index (χ3n) is 3.97. The number of aromatic nitrogens is 1. The number of ketones is 1. The summed E-state index contributed by atoms with van der Waals surface area (Å²) < 4.78 is 47.8. The molecule has 1 aliphatic rings. The Balaban J connectivity index is 1.94. The quantitative estimate of drug-likeness (QED) is 0.779. The van der Waals surface area contributed by atoms with Crippen LogP contribution in [0.1, 0.15) is 25.0 Å². The SMILES string of the molecule is CC1(C)OC(c2ccc(S(C)(=O)=O)nc2)=C(OCc2cccc(F)c2)C1=O. The number of nitrogens with zero attached hydrogens (tertiary/aromatic N) is 1. The summed E-state index contributed by atoms with van der Waals surface area (Å²) in [6, 6.07) is 8.69. The highest BCUT2D eigenvalue weighted by atomic mass is 32.2. The summed E-state index contributed by atoms with van der Waals surface area (Å²) in [4.78, 5) is 16.5. The second-order valence-electron chi connectivity index (χ2n) is 6.68. The first-order valence-corrected chi connectivity index (χ1v) is 9.99. The number of rotatable bonds is 5. The van der Waals surface area contributed by atoms with Crippen LogP contribution in [-0.2, 0) is 30.7 Å². The Bertz CT molecular complexity index is 1030. The first-order valence-electron chi connectivity index (χ1n) is 8.10. The first-order chi connectivity index (χ1) is 12.6. The van der Waals surface area contributed by atoms with Gasteiger partial charge < -0.3 is 9.47 Å². The Kier molecular flexibility index (Phi) is 4.77. The average Bonchev–Trinajstić information content (AvgIpc) is 2.82. The van der Waals surface area contributed by atoms with Crippen molar-refractivity contribution in [2.24, 2.45) is 0 Å². The van der Waals surface area contributed by atoms with Crippen LogP contribution in [0.3, 0.4) is 0 Å². The number of carbonyl (C=O) groups is 1. The molecule has 0 atom stereocenters. The summed E-state index contributed by atoms with van der Waals surface area (Å²) in [7, 11) is -3.44. The minimum atomic E-state index is -3.44. The van der Waals surface area contributed by atoms with Gasteiger partial charge in [0, 0.05) is 18.0 Å². The molecule has 0 saturated carbocycles. The molecule has 142 valence electrons. The Hall–Kier alpha value is -2.74. The van der Waals surface area contributed by atoms with Gasteiger partial charge in [0.15, 0.2) is 26.2 Å². The van der Waals surface area contributed by atoms with Gasteiger partial charge in [0.05, 0.1) is 0 Å². The zero-order valence-electron chi connectivity index (χ0n) is 15.0. The van der Waals surface area contributed by atoms with Crippen LogP contribution in [0.15, 0.2) is 53.4 Å². The fraction of sp³-hybridized carbons (Fsp3) is 0.263. The molecule has 27 heavy (non-hydrogen) atoms. The zero-order valence-corrected chi connectivity index (χ0v) is 15.8. The molecule has 0 saturated heterocycles. The van der Waals surface area contributed by atoms with Gasteiger partial charge >= 0.3 is 0 Å². The predicted molar refractivity (Wildman–Crippen MR) is 95.6 cm³/mol. The summed E-state index contributed by atoms with van der Waals surface area (Å²) in [5.41, 5.74) is -0.164. The van der Waals surface area contributed by atoms with Crippen LogP contribution in [0.2, 0.25) is 0 Å². The molecule has 0 aliphatic carbocycles. The summed E-state index contributed by atoms with van der Waals surface area (Å²) >= 11 is 0. The normalized spacial score (nSPS) is 16.4. The predicted octanol–water partition coefficient (Wildman–Crippen LogP) is 2.89. The van der Waals surface area contributed by atoms with Gasteiger partial charge in [-0.25, -0.2) is 17.8 Å². The molecule has 0 unspecified atom stereocenters. The average molecular weight is 391 g/mol. The molecule has 1 aromatic heterocycles. The first kappa shape index (κ1) is 19.0. The van der Waals surface area contributed by atoms with Crippen LogP contribution >= 0.6 is 0 Å². The number of Topliss-reactive ketones (excluding diaryl/α,β-unsaturated/α-hetero) is 1. The topological polar surface area (TPSA) is 82.6 Å². The molecule has 0 bridgehead atoms. The highest BCUT2D eigenvalue weighted by Crippen LogP contribution is 2.37. The van der Waals surface area contributed by atoms with E-state index in [0.717, 1.165) is 6.26 Å². The number of benzene rings is 1. The third-order valence-corrected chi connectivity index (χ3v) is 4.97. The molecule has 3 rings (SSSR count). The van der Waals surface area contributed by atoms with Gasteiger partial charge in [-0.05, 0) is 43.7 Å². The Morgan fingerprint density at radius 2 is 1.96 bits per heavy atom. The Labute approximate surface area is 156 Å². The molecule has 0 spiro atoms. The Morgan fingerprint density at radius 3 is 2.56 bits per heavy atom. The van der Waals surface area contributed by atoms with Gasteiger partial charge in [0.25, 0.3) is 0 Å². The molecule has 8 heteroatoms. The van der Waals surface area contributed by atoms with E-state index in [1.165, 1.54) is 30.5 Å². The minimum absolute atomic E-state index is 0.00170. The molecular weight excluding hydrogens is 373 g/mol. The number of hydrogen-bond donors (Lipinski definition) is 0. The van der Waals surface area contributed by atoms with Gasteiger partial charge in [-0.15, -0.1) is 0 Å². The second kappa shape index (κ2) is 6.77. The van der Waals surface area contributed by atoms with Crippen LogP contribution in [0, 0.1) is 5.82 Å². The zero-order chi connectivity index (χ0) is 19.8. The van der Waals surface area contributed by atoms with Crippen LogP contribution in [0.25, 0.3) is 5.76 Å². The van der Waals surface area contributed by atoms with Gasteiger partial charge in [0.1, 0.15) is 12.4 Å². The van der Waals surface area contributed by atoms with E-state index in [1.807, 2.05) is 0 Å².